The lowest BCUT2D eigenvalue weighted by molar-refractivity contribution is -0.394. The van der Waals surface area contributed by atoms with E-state index in [4.69, 9.17) is 0 Å². The summed E-state index contributed by atoms with van der Waals surface area (Å²) in [4.78, 5) is 32.2. The lowest BCUT2D eigenvalue weighted by atomic mass is 10.1. The summed E-state index contributed by atoms with van der Waals surface area (Å²) in [6.45, 7) is 1.65. The number of nitro groups is 2. The van der Waals surface area contributed by atoms with Gasteiger partial charge in [0.1, 0.15) is 0 Å². The van der Waals surface area contributed by atoms with Crippen LogP contribution in [0.4, 0.5) is 11.4 Å². The first-order valence-corrected chi connectivity index (χ1v) is 7.38. The summed E-state index contributed by atoms with van der Waals surface area (Å²) in [5.41, 5.74) is 2.32. The van der Waals surface area contributed by atoms with Crippen LogP contribution in [0.5, 0.6) is 0 Å². The fraction of sp³-hybridized carbons (Fsp3) is 0.0588. The minimum absolute atomic E-state index is 0.227. The molecule has 9 heteroatoms. The lowest BCUT2D eigenvalue weighted by Crippen LogP contribution is -2.19. The van der Waals surface area contributed by atoms with Crippen molar-refractivity contribution in [2.75, 3.05) is 0 Å². The fourth-order valence-electron chi connectivity index (χ4n) is 1.96. The molecule has 0 bridgehead atoms. The van der Waals surface area contributed by atoms with Crippen LogP contribution in [-0.4, -0.2) is 21.5 Å². The van der Waals surface area contributed by atoms with E-state index < -0.39 is 27.1 Å². The number of non-ortho nitro benzene ring substituents is 2. The molecular formula is C17H14N4O5. The van der Waals surface area contributed by atoms with E-state index in [0.29, 0.717) is 5.71 Å². The maximum absolute atomic E-state index is 12.1. The van der Waals surface area contributed by atoms with Crippen molar-refractivity contribution in [3.63, 3.8) is 0 Å². The molecule has 132 valence electrons. The normalized spacial score (nSPS) is 11.3. The molecule has 1 amide bonds. The topological polar surface area (TPSA) is 128 Å². The average Bonchev–Trinajstić information content (AvgIpc) is 2.64. The Labute approximate surface area is 148 Å². The molecule has 0 radical (unpaired) electrons. The molecule has 2 aromatic rings. The molecule has 0 saturated carbocycles. The van der Waals surface area contributed by atoms with Gasteiger partial charge in [-0.05, 0) is 18.6 Å². The highest BCUT2D eigenvalue weighted by molar-refractivity contribution is 5.99. The average molecular weight is 354 g/mol. The first kappa shape index (κ1) is 18.5. The van der Waals surface area contributed by atoms with E-state index in [1.807, 2.05) is 30.3 Å². The van der Waals surface area contributed by atoms with Gasteiger partial charge in [0.05, 0.1) is 27.2 Å². The number of hydrogen-bond acceptors (Lipinski definition) is 6. The second-order valence-electron chi connectivity index (χ2n) is 5.19. The molecule has 2 aromatic carbocycles. The number of amides is 1. The van der Waals surface area contributed by atoms with Crippen molar-refractivity contribution < 1.29 is 14.6 Å². The molecule has 0 spiro atoms. The standard InChI is InChI=1S/C17H14N4O5/c1-12(7-8-13-5-3-2-4-6-13)18-19-17(22)14-9-15(20(23)24)11-16(10-14)21(25)26/h2-11H,1H3,(H,19,22)/b8-7+,18-12-. The van der Waals surface area contributed by atoms with Crippen molar-refractivity contribution in [2.45, 2.75) is 6.92 Å². The highest BCUT2D eigenvalue weighted by Crippen LogP contribution is 2.22. The van der Waals surface area contributed by atoms with Gasteiger partial charge in [0.25, 0.3) is 17.3 Å². The quantitative estimate of drug-likeness (QED) is 0.483. The van der Waals surface area contributed by atoms with Crippen molar-refractivity contribution in [3.05, 3.63) is 86.0 Å². The maximum Gasteiger partial charge on any atom is 0.277 e. The van der Waals surface area contributed by atoms with Crippen LogP contribution in [-0.2, 0) is 0 Å². The zero-order valence-corrected chi connectivity index (χ0v) is 13.7. The second-order valence-corrected chi connectivity index (χ2v) is 5.19. The van der Waals surface area contributed by atoms with Gasteiger partial charge in [-0.2, -0.15) is 5.10 Å². The van der Waals surface area contributed by atoms with E-state index in [1.54, 1.807) is 19.1 Å². The highest BCUT2D eigenvalue weighted by atomic mass is 16.6. The molecule has 0 aliphatic rings. The summed E-state index contributed by atoms with van der Waals surface area (Å²) in [7, 11) is 0. The largest absolute Gasteiger partial charge is 0.277 e. The highest BCUT2D eigenvalue weighted by Gasteiger charge is 2.19. The third-order valence-corrected chi connectivity index (χ3v) is 3.24. The van der Waals surface area contributed by atoms with Crippen molar-refractivity contribution >= 4 is 29.1 Å². The molecule has 9 nitrogen and oxygen atoms in total. The predicted octanol–water partition coefficient (Wildman–Crippen LogP) is 3.32. The molecule has 0 aliphatic heterocycles. The van der Waals surface area contributed by atoms with Crippen LogP contribution < -0.4 is 5.43 Å². The second kappa shape index (κ2) is 8.29. The Morgan fingerprint density at radius 3 is 2.15 bits per heavy atom. The Bertz CT molecular complexity index is 874. The van der Waals surface area contributed by atoms with Gasteiger partial charge in [-0.1, -0.05) is 36.4 Å². The third-order valence-electron chi connectivity index (χ3n) is 3.24. The van der Waals surface area contributed by atoms with Gasteiger partial charge in [-0.25, -0.2) is 5.43 Å². The summed E-state index contributed by atoms with van der Waals surface area (Å²) in [5.74, 6) is -0.788. The van der Waals surface area contributed by atoms with Crippen LogP contribution >= 0.6 is 0 Å². The molecule has 0 heterocycles. The summed E-state index contributed by atoms with van der Waals surface area (Å²) in [6, 6.07) is 12.1. The van der Waals surface area contributed by atoms with Crippen LogP contribution in [0.25, 0.3) is 6.08 Å². The first-order chi connectivity index (χ1) is 12.4. The fourth-order valence-corrected chi connectivity index (χ4v) is 1.96. The number of benzene rings is 2. The summed E-state index contributed by atoms with van der Waals surface area (Å²) < 4.78 is 0. The summed E-state index contributed by atoms with van der Waals surface area (Å²) in [5, 5.41) is 25.6. The van der Waals surface area contributed by atoms with Gasteiger partial charge in [-0.3, -0.25) is 25.0 Å². The van der Waals surface area contributed by atoms with E-state index in [2.05, 4.69) is 10.5 Å². The van der Waals surface area contributed by atoms with Crippen LogP contribution in [0.2, 0.25) is 0 Å². The zero-order valence-electron chi connectivity index (χ0n) is 13.7. The molecule has 26 heavy (non-hydrogen) atoms. The molecule has 0 atom stereocenters. The van der Waals surface area contributed by atoms with Gasteiger partial charge < -0.3 is 0 Å². The Hall–Kier alpha value is -3.88. The van der Waals surface area contributed by atoms with Crippen molar-refractivity contribution in [3.8, 4) is 0 Å². The zero-order chi connectivity index (χ0) is 19.1. The van der Waals surface area contributed by atoms with E-state index in [0.717, 1.165) is 23.8 Å². The molecule has 0 aromatic heterocycles. The number of carbonyl (C=O) groups excluding carboxylic acids is 1. The minimum atomic E-state index is -0.805. The number of nitrogens with zero attached hydrogens (tertiary/aromatic N) is 3. The molecule has 2 rings (SSSR count). The number of rotatable bonds is 6. The third kappa shape index (κ3) is 5.06. The Morgan fingerprint density at radius 1 is 1.04 bits per heavy atom. The monoisotopic (exact) mass is 354 g/mol. The Kier molecular flexibility index (Phi) is 5.88. The number of nitrogens with one attached hydrogen (secondary N) is 1. The number of hydrogen-bond donors (Lipinski definition) is 1. The summed E-state index contributed by atoms with van der Waals surface area (Å²) in [6.07, 6.45) is 3.47. The molecular weight excluding hydrogens is 340 g/mol. The van der Waals surface area contributed by atoms with E-state index in [9.17, 15) is 25.0 Å². The molecule has 0 saturated heterocycles. The minimum Gasteiger partial charge on any atom is -0.267 e. The molecule has 0 fully saturated rings. The molecule has 0 unspecified atom stereocenters. The predicted molar refractivity (Wildman–Crippen MR) is 95.8 cm³/mol. The van der Waals surface area contributed by atoms with Gasteiger partial charge in [0, 0.05) is 12.1 Å². The van der Waals surface area contributed by atoms with Crippen molar-refractivity contribution in [2.24, 2.45) is 5.10 Å². The van der Waals surface area contributed by atoms with E-state index in [-0.39, 0.29) is 5.56 Å². The maximum atomic E-state index is 12.1. The smallest absolute Gasteiger partial charge is 0.267 e. The van der Waals surface area contributed by atoms with Gasteiger partial charge in [-0.15, -0.1) is 0 Å². The summed E-state index contributed by atoms with van der Waals surface area (Å²) >= 11 is 0. The van der Waals surface area contributed by atoms with Crippen LogP contribution in [0.1, 0.15) is 22.8 Å². The number of carbonyl (C=O) groups is 1. The number of allylic oxidation sites excluding steroid dienone is 1. The lowest BCUT2D eigenvalue weighted by Gasteiger charge is -2.01. The van der Waals surface area contributed by atoms with Crippen molar-refractivity contribution in [1.29, 1.82) is 0 Å². The molecule has 1 N–H and O–H groups in total. The number of nitro benzene ring substituents is 2. The van der Waals surface area contributed by atoms with E-state index in [1.165, 1.54) is 0 Å². The SMILES string of the molecule is CC(/C=C/c1ccccc1)=N/NC(=O)c1cc([N+](=O)[O-])cc([N+](=O)[O-])c1. The van der Waals surface area contributed by atoms with Crippen LogP contribution in [0.15, 0.2) is 59.7 Å². The van der Waals surface area contributed by atoms with Gasteiger partial charge >= 0.3 is 0 Å². The van der Waals surface area contributed by atoms with Crippen LogP contribution in [0, 0.1) is 20.2 Å². The van der Waals surface area contributed by atoms with Crippen molar-refractivity contribution in [1.82, 2.24) is 5.43 Å². The Morgan fingerprint density at radius 2 is 1.62 bits per heavy atom. The van der Waals surface area contributed by atoms with Crippen LogP contribution in [0.3, 0.4) is 0 Å². The Balaban J connectivity index is 2.15. The molecule has 0 aliphatic carbocycles. The first-order valence-electron chi connectivity index (χ1n) is 7.38. The van der Waals surface area contributed by atoms with Gasteiger partial charge in [0.15, 0.2) is 0 Å². The van der Waals surface area contributed by atoms with Gasteiger partial charge in [0.2, 0.25) is 0 Å². The number of hydrazone groups is 1. The van der Waals surface area contributed by atoms with E-state index >= 15 is 0 Å².